The number of rotatable bonds is 9. The van der Waals surface area contributed by atoms with Gasteiger partial charge in [0.05, 0.1) is 6.42 Å². The molecule has 0 radical (unpaired) electrons. The summed E-state index contributed by atoms with van der Waals surface area (Å²) in [5.74, 6) is 0.0977. The number of aliphatic carboxylic acids is 1. The Morgan fingerprint density at radius 3 is 2.63 bits per heavy atom. The quantitative estimate of drug-likeness (QED) is 0.290. The summed E-state index contributed by atoms with van der Waals surface area (Å²) in [6.07, 6.45) is 5.47. The van der Waals surface area contributed by atoms with Gasteiger partial charge in [0.15, 0.2) is 0 Å². The van der Waals surface area contributed by atoms with E-state index in [1.165, 1.54) is 0 Å². The zero-order valence-electron chi connectivity index (χ0n) is 11.2. The third-order valence-electron chi connectivity index (χ3n) is 3.90. The molecule has 3 N–H and O–H groups in total. The van der Waals surface area contributed by atoms with Gasteiger partial charge in [-0.15, -0.1) is 0 Å². The first-order chi connectivity index (χ1) is 9.12. The Morgan fingerprint density at radius 2 is 2.11 bits per heavy atom. The molecule has 0 aromatic rings. The molecule has 19 heavy (non-hydrogen) atoms. The van der Waals surface area contributed by atoms with Gasteiger partial charge in [-0.05, 0) is 49.8 Å². The molecule has 110 valence electrons. The molecule has 0 heterocycles. The van der Waals surface area contributed by atoms with Gasteiger partial charge < -0.3 is 15.7 Å². The van der Waals surface area contributed by atoms with Gasteiger partial charge >= 0.3 is 5.97 Å². The van der Waals surface area contributed by atoms with Crippen LogP contribution in [0, 0.1) is 5.41 Å². The number of carboxylic acid groups (broad SMARTS) is 1. The number of thiol groups is 1. The Morgan fingerprint density at radius 1 is 1.42 bits per heavy atom. The van der Waals surface area contributed by atoms with E-state index in [0.717, 1.165) is 44.4 Å². The molecule has 0 saturated heterocycles. The Labute approximate surface area is 119 Å². The maximum atomic E-state index is 11.0. The van der Waals surface area contributed by atoms with Crippen LogP contribution in [0.3, 0.4) is 0 Å². The molecule has 0 aromatic carbocycles. The lowest BCUT2D eigenvalue weighted by Crippen LogP contribution is -2.43. The van der Waals surface area contributed by atoms with Crippen molar-refractivity contribution in [3.63, 3.8) is 0 Å². The van der Waals surface area contributed by atoms with Crippen LogP contribution in [0.2, 0.25) is 0 Å². The monoisotopic (exact) mass is 288 g/mol. The van der Waals surface area contributed by atoms with Crippen molar-refractivity contribution >= 4 is 25.0 Å². The van der Waals surface area contributed by atoms with Crippen LogP contribution in [0.4, 0.5) is 0 Å². The van der Waals surface area contributed by atoms with Crippen LogP contribution in [-0.4, -0.2) is 42.4 Å². The highest BCUT2D eigenvalue weighted by Gasteiger charge is 2.36. The van der Waals surface area contributed by atoms with Crippen molar-refractivity contribution < 1.29 is 14.7 Å². The lowest BCUT2D eigenvalue weighted by atomic mass is 9.70. The van der Waals surface area contributed by atoms with Gasteiger partial charge in [-0.2, -0.15) is 12.6 Å². The molecule has 5 nitrogen and oxygen atoms in total. The molecule has 0 spiro atoms. The summed E-state index contributed by atoms with van der Waals surface area (Å²) < 4.78 is 0. The van der Waals surface area contributed by atoms with Crippen molar-refractivity contribution in [2.24, 2.45) is 5.41 Å². The predicted molar refractivity (Wildman–Crippen MR) is 77.5 cm³/mol. The summed E-state index contributed by atoms with van der Waals surface area (Å²) in [7, 11) is 0. The first-order valence-corrected chi connectivity index (χ1v) is 7.48. The molecule has 0 atom stereocenters. The fourth-order valence-electron chi connectivity index (χ4n) is 2.81. The molecule has 1 aliphatic carbocycles. The lowest BCUT2D eigenvalue weighted by Gasteiger charge is -2.39. The molecular formula is C13H24N2O3S. The number of amides is 1. The van der Waals surface area contributed by atoms with Gasteiger partial charge in [-0.1, -0.05) is 0 Å². The zero-order chi connectivity index (χ0) is 14.1. The minimum Gasteiger partial charge on any atom is -0.481 e. The number of hydrogen-bond acceptors (Lipinski definition) is 4. The summed E-state index contributed by atoms with van der Waals surface area (Å²) >= 11 is 4.18. The third kappa shape index (κ3) is 5.82. The van der Waals surface area contributed by atoms with E-state index in [0.29, 0.717) is 19.0 Å². The highest BCUT2D eigenvalue weighted by Crippen LogP contribution is 2.38. The molecule has 1 saturated carbocycles. The van der Waals surface area contributed by atoms with Gasteiger partial charge in [0.25, 0.3) is 0 Å². The summed E-state index contributed by atoms with van der Waals surface area (Å²) in [6, 6.07) is 0.470. The van der Waals surface area contributed by atoms with Gasteiger partial charge in [-0.25, -0.2) is 0 Å². The van der Waals surface area contributed by atoms with Crippen LogP contribution >= 0.6 is 12.6 Å². The van der Waals surface area contributed by atoms with Gasteiger partial charge in [-0.3, -0.25) is 9.59 Å². The fourth-order valence-corrected chi connectivity index (χ4v) is 2.97. The van der Waals surface area contributed by atoms with Crippen LogP contribution in [0.1, 0.15) is 38.5 Å². The Bertz CT molecular complexity index is 292. The molecular weight excluding hydrogens is 264 g/mol. The van der Waals surface area contributed by atoms with Crippen molar-refractivity contribution in [3.8, 4) is 0 Å². The number of carbonyl (C=O) groups is 2. The van der Waals surface area contributed by atoms with Gasteiger partial charge in [0.2, 0.25) is 6.41 Å². The predicted octanol–water partition coefficient (Wildman–Crippen LogP) is 1.05. The average molecular weight is 288 g/mol. The normalized spacial score (nSPS) is 26.9. The molecule has 6 heteroatoms. The zero-order valence-corrected chi connectivity index (χ0v) is 12.1. The van der Waals surface area contributed by atoms with Crippen LogP contribution in [0.5, 0.6) is 0 Å². The van der Waals surface area contributed by atoms with Crippen molar-refractivity contribution in [1.29, 1.82) is 0 Å². The van der Waals surface area contributed by atoms with E-state index in [1.807, 2.05) is 0 Å². The van der Waals surface area contributed by atoms with Crippen LogP contribution in [0.25, 0.3) is 0 Å². The number of hydrogen-bond donors (Lipinski definition) is 4. The molecule has 0 aliphatic heterocycles. The second kappa shape index (κ2) is 8.43. The van der Waals surface area contributed by atoms with Crippen LogP contribution in [0.15, 0.2) is 0 Å². The maximum absolute atomic E-state index is 11.0. The fraction of sp³-hybridized carbons (Fsp3) is 0.846. The molecule has 0 unspecified atom stereocenters. The highest BCUT2D eigenvalue weighted by molar-refractivity contribution is 7.80. The third-order valence-corrected chi connectivity index (χ3v) is 4.22. The molecule has 1 rings (SSSR count). The minimum absolute atomic E-state index is 0.136. The minimum atomic E-state index is -0.783. The molecule has 0 aromatic heterocycles. The van der Waals surface area contributed by atoms with E-state index in [9.17, 15) is 9.59 Å². The molecule has 1 amide bonds. The first kappa shape index (κ1) is 16.3. The van der Waals surface area contributed by atoms with E-state index in [4.69, 9.17) is 5.11 Å². The van der Waals surface area contributed by atoms with E-state index in [2.05, 4.69) is 23.3 Å². The highest BCUT2D eigenvalue weighted by atomic mass is 32.1. The van der Waals surface area contributed by atoms with Crippen LogP contribution in [-0.2, 0) is 9.59 Å². The second-order valence-electron chi connectivity index (χ2n) is 5.37. The Hall–Kier alpha value is -0.750. The second-order valence-corrected chi connectivity index (χ2v) is 5.82. The maximum Gasteiger partial charge on any atom is 0.303 e. The van der Waals surface area contributed by atoms with Crippen molar-refractivity contribution in [1.82, 2.24) is 10.6 Å². The molecule has 1 fully saturated rings. The largest absolute Gasteiger partial charge is 0.481 e. The van der Waals surface area contributed by atoms with Crippen molar-refractivity contribution in [2.75, 3.05) is 18.8 Å². The number of carbonyl (C=O) groups excluding carboxylic acids is 1. The summed E-state index contributed by atoms with van der Waals surface area (Å²) in [6.45, 7) is 1.43. The SMILES string of the molecule is O=CNCC1(CC(=O)O)CCC(NCCCS)CC1. The van der Waals surface area contributed by atoms with Crippen molar-refractivity contribution in [2.45, 2.75) is 44.6 Å². The van der Waals surface area contributed by atoms with Gasteiger partial charge in [0.1, 0.15) is 0 Å². The van der Waals surface area contributed by atoms with E-state index < -0.39 is 5.97 Å². The van der Waals surface area contributed by atoms with Crippen molar-refractivity contribution in [3.05, 3.63) is 0 Å². The first-order valence-electron chi connectivity index (χ1n) is 6.85. The topological polar surface area (TPSA) is 78.4 Å². The summed E-state index contributed by atoms with van der Waals surface area (Å²) in [5.41, 5.74) is -0.269. The van der Waals surface area contributed by atoms with Gasteiger partial charge in [0, 0.05) is 12.6 Å². The molecule has 1 aliphatic rings. The van der Waals surface area contributed by atoms with Crippen LogP contribution < -0.4 is 10.6 Å². The Balaban J connectivity index is 2.43. The number of carboxylic acids is 1. The summed E-state index contributed by atoms with van der Waals surface area (Å²) in [5, 5.41) is 15.2. The smallest absolute Gasteiger partial charge is 0.303 e. The van der Waals surface area contributed by atoms with E-state index in [-0.39, 0.29) is 11.8 Å². The standard InChI is InChI=1S/C13H24N2O3S/c16-10-14-9-13(8-12(17)18)4-2-11(3-5-13)15-6-1-7-19/h10-11,15,19H,1-9H2,(H,14,16)(H,17,18). The summed E-state index contributed by atoms with van der Waals surface area (Å²) in [4.78, 5) is 21.4. The Kier molecular flexibility index (Phi) is 7.23. The number of nitrogens with one attached hydrogen (secondary N) is 2. The van der Waals surface area contributed by atoms with E-state index in [1.54, 1.807) is 0 Å². The molecule has 0 bridgehead atoms. The van der Waals surface area contributed by atoms with E-state index >= 15 is 0 Å². The lowest BCUT2D eigenvalue weighted by molar-refractivity contribution is -0.140. The average Bonchev–Trinajstić information content (AvgIpc) is 2.38.